The summed E-state index contributed by atoms with van der Waals surface area (Å²) in [4.78, 5) is 19.8. The molecule has 0 aliphatic carbocycles. The number of rotatable bonds is 9. The Morgan fingerprint density at radius 1 is 1.02 bits per heavy atom. The smallest absolute Gasteiger partial charge is 0.226 e. The summed E-state index contributed by atoms with van der Waals surface area (Å²) < 4.78 is 33.1. The Bertz CT molecular complexity index is 1710. The number of likely N-dealkylation sites (tertiary alicyclic amines) is 1. The molecular formula is C33H41N5O4S2. The standard InChI is InChI=1S/C33H41N5O4S2/c1-33(2,39)26-12-16-37(17-13-26)20-25-21-43-30-28(35-32(36-29(25)30)38-14-8-5-9-15-38)23-18-24(31(42-3)34-19-23)22-44(40,41)27-10-6-4-7-11-27/h4,6-7,10-11,18-19,21,26,39H,5,8-9,12-17,20,22H2,1-3H3. The average Bonchev–Trinajstić information content (AvgIpc) is 3.43. The molecule has 2 saturated heterocycles. The predicted octanol–water partition coefficient (Wildman–Crippen LogP) is 5.71. The summed E-state index contributed by atoms with van der Waals surface area (Å²) in [5, 5.41) is 12.7. The van der Waals surface area contributed by atoms with Crippen molar-refractivity contribution in [2.75, 3.05) is 38.2 Å². The Balaban J connectivity index is 1.37. The molecule has 6 rings (SSSR count). The van der Waals surface area contributed by atoms with Gasteiger partial charge in [0.2, 0.25) is 11.8 Å². The van der Waals surface area contributed by atoms with Crippen LogP contribution in [0.1, 0.15) is 57.1 Å². The van der Waals surface area contributed by atoms with Gasteiger partial charge >= 0.3 is 0 Å². The third-order valence-electron chi connectivity index (χ3n) is 8.94. The van der Waals surface area contributed by atoms with Crippen LogP contribution in [0, 0.1) is 5.92 Å². The van der Waals surface area contributed by atoms with Gasteiger partial charge < -0.3 is 14.7 Å². The molecule has 0 amide bonds. The van der Waals surface area contributed by atoms with E-state index in [-0.39, 0.29) is 16.5 Å². The van der Waals surface area contributed by atoms with Crippen molar-refractivity contribution in [2.24, 2.45) is 5.92 Å². The number of benzene rings is 1. The number of pyridine rings is 1. The Labute approximate surface area is 263 Å². The molecule has 1 N–H and O–H groups in total. The van der Waals surface area contributed by atoms with Crippen molar-refractivity contribution in [3.63, 3.8) is 0 Å². The van der Waals surface area contributed by atoms with Gasteiger partial charge in [-0.15, -0.1) is 11.3 Å². The zero-order valence-corrected chi connectivity index (χ0v) is 27.3. The highest BCUT2D eigenvalue weighted by atomic mass is 32.2. The number of piperidine rings is 2. The third kappa shape index (κ3) is 6.61. The molecule has 0 radical (unpaired) electrons. The number of nitrogens with zero attached hydrogens (tertiary/aromatic N) is 5. The number of fused-ring (bicyclic) bond motifs is 1. The second-order valence-corrected chi connectivity index (χ2v) is 15.4. The summed E-state index contributed by atoms with van der Waals surface area (Å²) in [5.41, 5.74) is 3.46. The largest absolute Gasteiger partial charge is 0.481 e. The van der Waals surface area contributed by atoms with Crippen LogP contribution in [0.4, 0.5) is 5.95 Å². The van der Waals surface area contributed by atoms with Gasteiger partial charge in [-0.25, -0.2) is 23.4 Å². The Morgan fingerprint density at radius 2 is 1.75 bits per heavy atom. The molecule has 0 atom stereocenters. The van der Waals surface area contributed by atoms with E-state index in [0.717, 1.165) is 79.9 Å². The summed E-state index contributed by atoms with van der Waals surface area (Å²) in [6.07, 6.45) is 7.08. The van der Waals surface area contributed by atoms with Gasteiger partial charge in [-0.2, -0.15) is 0 Å². The Kier molecular flexibility index (Phi) is 8.92. The van der Waals surface area contributed by atoms with Crippen LogP contribution in [0.15, 0.2) is 52.9 Å². The van der Waals surface area contributed by atoms with E-state index in [4.69, 9.17) is 14.7 Å². The zero-order valence-electron chi connectivity index (χ0n) is 25.7. The highest BCUT2D eigenvalue weighted by Gasteiger charge is 2.31. The van der Waals surface area contributed by atoms with Gasteiger partial charge in [0.05, 0.1) is 39.3 Å². The van der Waals surface area contributed by atoms with Crippen LogP contribution in [0.2, 0.25) is 0 Å². The molecule has 11 heteroatoms. The minimum Gasteiger partial charge on any atom is -0.481 e. The number of ether oxygens (including phenoxy) is 1. The minimum atomic E-state index is -3.62. The van der Waals surface area contributed by atoms with Gasteiger partial charge in [-0.05, 0) is 88.5 Å². The molecule has 0 bridgehead atoms. The van der Waals surface area contributed by atoms with Crippen LogP contribution < -0.4 is 9.64 Å². The van der Waals surface area contributed by atoms with Crippen molar-refractivity contribution in [3.8, 4) is 17.1 Å². The SMILES string of the molecule is COc1ncc(-c2nc(N3CCCCC3)nc3c(CN4CCC(C(C)(C)O)CC4)csc23)cc1CS(=O)(=O)c1ccccc1. The molecule has 234 valence electrons. The van der Waals surface area contributed by atoms with Crippen molar-refractivity contribution in [3.05, 3.63) is 59.1 Å². The number of thiophene rings is 1. The zero-order chi connectivity index (χ0) is 30.9. The summed E-state index contributed by atoms with van der Waals surface area (Å²) in [7, 11) is -2.11. The minimum absolute atomic E-state index is 0.232. The lowest BCUT2D eigenvalue weighted by molar-refractivity contribution is -0.0135. The van der Waals surface area contributed by atoms with E-state index in [0.29, 0.717) is 17.4 Å². The fraction of sp³-hybridized carbons (Fsp3) is 0.485. The highest BCUT2D eigenvalue weighted by Crippen LogP contribution is 2.38. The molecule has 5 heterocycles. The van der Waals surface area contributed by atoms with Crippen molar-refractivity contribution in [2.45, 2.75) is 68.7 Å². The molecule has 0 saturated carbocycles. The van der Waals surface area contributed by atoms with E-state index < -0.39 is 15.4 Å². The summed E-state index contributed by atoms with van der Waals surface area (Å²) >= 11 is 1.62. The van der Waals surface area contributed by atoms with Gasteiger partial charge in [0, 0.05) is 42.5 Å². The molecule has 0 spiro atoms. The lowest BCUT2D eigenvalue weighted by Crippen LogP contribution is -2.41. The number of methoxy groups -OCH3 is 1. The molecule has 0 unspecified atom stereocenters. The van der Waals surface area contributed by atoms with E-state index >= 15 is 0 Å². The fourth-order valence-corrected chi connectivity index (χ4v) is 8.73. The Hall–Kier alpha value is -3.12. The van der Waals surface area contributed by atoms with Crippen LogP contribution in [-0.2, 0) is 22.1 Å². The van der Waals surface area contributed by atoms with Crippen molar-refractivity contribution >= 4 is 37.3 Å². The first-order chi connectivity index (χ1) is 21.1. The van der Waals surface area contributed by atoms with Crippen LogP contribution >= 0.6 is 11.3 Å². The molecule has 2 fully saturated rings. The molecule has 1 aromatic carbocycles. The maximum atomic E-state index is 13.3. The quantitative estimate of drug-likeness (QED) is 0.247. The monoisotopic (exact) mass is 635 g/mol. The van der Waals surface area contributed by atoms with Crippen molar-refractivity contribution < 1.29 is 18.3 Å². The second kappa shape index (κ2) is 12.7. The van der Waals surface area contributed by atoms with Gasteiger partial charge in [0.25, 0.3) is 0 Å². The molecule has 4 aromatic rings. The maximum absolute atomic E-state index is 13.3. The first-order valence-electron chi connectivity index (χ1n) is 15.4. The molecule has 9 nitrogen and oxygen atoms in total. The topological polar surface area (TPSA) is 109 Å². The summed E-state index contributed by atoms with van der Waals surface area (Å²) in [6.45, 7) is 8.31. The van der Waals surface area contributed by atoms with Gasteiger partial charge in [0.1, 0.15) is 0 Å². The summed E-state index contributed by atoms with van der Waals surface area (Å²) in [6, 6.07) is 10.3. The number of aliphatic hydroxyl groups is 1. The highest BCUT2D eigenvalue weighted by molar-refractivity contribution is 7.90. The second-order valence-electron chi connectivity index (χ2n) is 12.5. The van der Waals surface area contributed by atoms with Gasteiger partial charge in [0.15, 0.2) is 9.84 Å². The van der Waals surface area contributed by atoms with E-state index in [2.05, 4.69) is 20.2 Å². The first-order valence-corrected chi connectivity index (χ1v) is 17.9. The van der Waals surface area contributed by atoms with Crippen molar-refractivity contribution in [1.29, 1.82) is 0 Å². The molecule has 3 aromatic heterocycles. The van der Waals surface area contributed by atoms with Crippen LogP contribution in [0.3, 0.4) is 0 Å². The number of hydrogen-bond acceptors (Lipinski definition) is 10. The molecule has 2 aliphatic heterocycles. The fourth-order valence-electron chi connectivity index (χ4n) is 6.37. The predicted molar refractivity (Wildman–Crippen MR) is 175 cm³/mol. The van der Waals surface area contributed by atoms with E-state index in [1.54, 1.807) is 47.9 Å². The first kappa shape index (κ1) is 30.9. The number of hydrogen-bond donors (Lipinski definition) is 1. The Morgan fingerprint density at radius 3 is 2.43 bits per heavy atom. The van der Waals surface area contributed by atoms with Crippen LogP contribution in [-0.4, -0.2) is 72.3 Å². The van der Waals surface area contributed by atoms with E-state index in [1.807, 2.05) is 19.9 Å². The van der Waals surface area contributed by atoms with E-state index in [9.17, 15) is 13.5 Å². The average molecular weight is 636 g/mol. The maximum Gasteiger partial charge on any atom is 0.226 e. The number of aromatic nitrogens is 3. The molecular weight excluding hydrogens is 595 g/mol. The third-order valence-corrected chi connectivity index (χ3v) is 11.6. The number of sulfone groups is 1. The molecule has 2 aliphatic rings. The lowest BCUT2D eigenvalue weighted by atomic mass is 9.83. The lowest BCUT2D eigenvalue weighted by Gasteiger charge is -2.37. The van der Waals surface area contributed by atoms with Gasteiger partial charge in [-0.3, -0.25) is 4.90 Å². The van der Waals surface area contributed by atoms with Gasteiger partial charge in [-0.1, -0.05) is 18.2 Å². The van der Waals surface area contributed by atoms with Crippen molar-refractivity contribution in [1.82, 2.24) is 19.9 Å². The summed E-state index contributed by atoms with van der Waals surface area (Å²) in [5.74, 6) is 1.07. The molecule has 44 heavy (non-hydrogen) atoms. The van der Waals surface area contributed by atoms with E-state index in [1.165, 1.54) is 19.1 Å². The van der Waals surface area contributed by atoms with Crippen LogP contribution in [0.5, 0.6) is 5.88 Å². The van der Waals surface area contributed by atoms with Crippen LogP contribution in [0.25, 0.3) is 21.5 Å². The normalized spacial score (nSPS) is 17.3. The number of anilines is 1.